The number of hydrogen-bond acceptors (Lipinski definition) is 7. The molecule has 1 saturated heterocycles. The molecule has 1 aliphatic rings. The Morgan fingerprint density at radius 2 is 1.61 bits per heavy atom. The highest BCUT2D eigenvalue weighted by Crippen LogP contribution is 2.29. The number of rotatable bonds is 8. The third-order valence-corrected chi connectivity index (χ3v) is 5.76. The lowest BCUT2D eigenvalue weighted by Crippen LogP contribution is -2.43. The van der Waals surface area contributed by atoms with Gasteiger partial charge in [0.2, 0.25) is 5.91 Å². The van der Waals surface area contributed by atoms with E-state index in [4.69, 9.17) is 14.2 Å². The van der Waals surface area contributed by atoms with Crippen molar-refractivity contribution in [3.05, 3.63) is 66.2 Å². The van der Waals surface area contributed by atoms with E-state index in [2.05, 4.69) is 10.7 Å². The van der Waals surface area contributed by atoms with Gasteiger partial charge in [-0.3, -0.25) is 29.6 Å². The molecule has 3 aromatic carbocycles. The summed E-state index contributed by atoms with van der Waals surface area (Å²) in [5.41, 5.74) is 3.21. The number of benzene rings is 3. The fourth-order valence-corrected chi connectivity index (χ4v) is 4.00. The molecule has 0 unspecified atom stereocenters. The van der Waals surface area contributed by atoms with Crippen molar-refractivity contribution in [3.8, 4) is 11.5 Å². The summed E-state index contributed by atoms with van der Waals surface area (Å²) in [5.74, 6) is -2.58. The molecule has 0 radical (unpaired) electrons. The van der Waals surface area contributed by atoms with Gasteiger partial charge in [-0.25, -0.2) is 0 Å². The van der Waals surface area contributed by atoms with Gasteiger partial charge in [0.25, 0.3) is 11.8 Å². The Bertz CT molecular complexity index is 1300. The molecule has 0 aliphatic carbocycles. The maximum Gasteiger partial charge on any atom is 0.311 e. The van der Waals surface area contributed by atoms with E-state index in [0.29, 0.717) is 5.69 Å². The highest BCUT2D eigenvalue weighted by atomic mass is 16.5. The van der Waals surface area contributed by atoms with Crippen molar-refractivity contribution in [2.45, 2.75) is 6.42 Å². The third-order valence-electron chi connectivity index (χ3n) is 5.76. The number of methoxy groups -OCH3 is 2. The zero-order valence-electron chi connectivity index (χ0n) is 19.8. The molecule has 2 N–H and O–H groups in total. The van der Waals surface area contributed by atoms with Crippen LogP contribution in [-0.2, 0) is 19.1 Å². The van der Waals surface area contributed by atoms with Crippen molar-refractivity contribution in [1.29, 1.82) is 0 Å². The van der Waals surface area contributed by atoms with Crippen LogP contribution in [0, 0.1) is 5.92 Å². The van der Waals surface area contributed by atoms with E-state index in [-0.39, 0.29) is 30.0 Å². The van der Waals surface area contributed by atoms with Crippen molar-refractivity contribution in [3.63, 3.8) is 0 Å². The molecular weight excluding hydrogens is 466 g/mol. The normalized spacial score (nSPS) is 14.9. The van der Waals surface area contributed by atoms with Crippen LogP contribution in [0.25, 0.3) is 10.8 Å². The van der Waals surface area contributed by atoms with Gasteiger partial charge in [-0.2, -0.15) is 0 Å². The summed E-state index contributed by atoms with van der Waals surface area (Å²) in [5, 5.41) is 5.61. The number of hydrogen-bond donors (Lipinski definition) is 2. The summed E-state index contributed by atoms with van der Waals surface area (Å²) in [6, 6.07) is 17.9. The van der Waals surface area contributed by atoms with Crippen LogP contribution in [-0.4, -0.2) is 56.1 Å². The smallest absolute Gasteiger partial charge is 0.311 e. The predicted molar refractivity (Wildman–Crippen MR) is 130 cm³/mol. The van der Waals surface area contributed by atoms with E-state index in [1.807, 2.05) is 36.4 Å². The molecule has 36 heavy (non-hydrogen) atoms. The summed E-state index contributed by atoms with van der Waals surface area (Å²) in [7, 11) is 2.82. The second kappa shape index (κ2) is 10.8. The maximum atomic E-state index is 12.8. The Kier molecular flexibility index (Phi) is 7.33. The zero-order valence-corrected chi connectivity index (χ0v) is 19.8. The lowest BCUT2D eigenvalue weighted by molar-refractivity contribution is -0.151. The molecule has 0 saturated carbocycles. The molecule has 1 heterocycles. The van der Waals surface area contributed by atoms with E-state index >= 15 is 0 Å². The lowest BCUT2D eigenvalue weighted by atomic mass is 10.1. The van der Waals surface area contributed by atoms with Crippen molar-refractivity contribution in [1.82, 2.24) is 10.4 Å². The van der Waals surface area contributed by atoms with Gasteiger partial charge in [-0.15, -0.1) is 0 Å². The van der Waals surface area contributed by atoms with Crippen LogP contribution < -0.4 is 20.2 Å². The van der Waals surface area contributed by atoms with Crippen LogP contribution in [0.3, 0.4) is 0 Å². The second-order valence-electron chi connectivity index (χ2n) is 8.07. The summed E-state index contributed by atoms with van der Waals surface area (Å²) >= 11 is 0. The van der Waals surface area contributed by atoms with Crippen LogP contribution in [0.1, 0.15) is 16.8 Å². The van der Waals surface area contributed by atoms with E-state index in [9.17, 15) is 19.2 Å². The highest BCUT2D eigenvalue weighted by molar-refractivity contribution is 6.03. The Morgan fingerprint density at radius 1 is 0.944 bits per heavy atom. The fraction of sp³-hybridized carbons (Fsp3) is 0.231. The minimum Gasteiger partial charge on any atom is -0.496 e. The van der Waals surface area contributed by atoms with Gasteiger partial charge in [-0.1, -0.05) is 42.5 Å². The third kappa shape index (κ3) is 5.22. The molecule has 1 atom stereocenters. The van der Waals surface area contributed by atoms with Crippen LogP contribution >= 0.6 is 0 Å². The van der Waals surface area contributed by atoms with Crippen molar-refractivity contribution < 1.29 is 33.4 Å². The van der Waals surface area contributed by atoms with Crippen molar-refractivity contribution >= 4 is 40.2 Å². The average molecular weight is 492 g/mol. The van der Waals surface area contributed by atoms with Gasteiger partial charge in [0.15, 0.2) is 6.61 Å². The molecule has 3 aromatic rings. The summed E-state index contributed by atoms with van der Waals surface area (Å²) in [6.07, 6.45) is -0.160. The van der Waals surface area contributed by atoms with E-state index < -0.39 is 36.2 Å². The Balaban J connectivity index is 1.33. The molecule has 0 aromatic heterocycles. The largest absolute Gasteiger partial charge is 0.496 e. The number of nitrogens with zero attached hydrogens (tertiary/aromatic N) is 1. The minimum atomic E-state index is -0.831. The van der Waals surface area contributed by atoms with Gasteiger partial charge in [0.05, 0.1) is 26.7 Å². The highest BCUT2D eigenvalue weighted by Gasteiger charge is 2.37. The van der Waals surface area contributed by atoms with Crippen LogP contribution in [0.2, 0.25) is 0 Å². The van der Waals surface area contributed by atoms with Gasteiger partial charge >= 0.3 is 5.97 Å². The summed E-state index contributed by atoms with van der Waals surface area (Å²) in [6.45, 7) is -0.594. The minimum absolute atomic E-state index is 0.0915. The van der Waals surface area contributed by atoms with Crippen molar-refractivity contribution in [2.75, 3.05) is 32.7 Å². The standard InChI is InChI=1S/C26H25N3O7/c1-34-20-11-6-12-21(35-2)24(20)25(32)28-29-14-17(13-23(29)31)26(33)36-15-22(30)27-19-10-5-8-16-7-3-4-9-18(16)19/h3-12,17H,13-15H2,1-2H3,(H,27,30)(H,28,32)/t17-/m0/s1. The molecular formula is C26H25N3O7. The van der Waals surface area contributed by atoms with Gasteiger partial charge in [0.1, 0.15) is 17.1 Å². The first-order valence-corrected chi connectivity index (χ1v) is 11.2. The first kappa shape index (κ1) is 24.5. The molecule has 10 heteroatoms. The first-order valence-electron chi connectivity index (χ1n) is 11.2. The van der Waals surface area contributed by atoms with E-state index in [0.717, 1.165) is 15.8 Å². The van der Waals surface area contributed by atoms with Gasteiger partial charge < -0.3 is 19.5 Å². The molecule has 0 spiro atoms. The Morgan fingerprint density at radius 3 is 2.33 bits per heavy atom. The number of fused-ring (bicyclic) bond motifs is 1. The molecule has 3 amide bonds. The molecule has 0 bridgehead atoms. The van der Waals surface area contributed by atoms with Crippen LogP contribution in [0.15, 0.2) is 60.7 Å². The van der Waals surface area contributed by atoms with Crippen molar-refractivity contribution in [2.24, 2.45) is 5.92 Å². The number of amides is 3. The van der Waals surface area contributed by atoms with Crippen LogP contribution in [0.5, 0.6) is 11.5 Å². The predicted octanol–water partition coefficient (Wildman–Crippen LogP) is 2.53. The first-order chi connectivity index (χ1) is 17.4. The number of ether oxygens (including phenoxy) is 3. The number of hydrazine groups is 1. The summed E-state index contributed by atoms with van der Waals surface area (Å²) < 4.78 is 15.6. The number of nitrogens with one attached hydrogen (secondary N) is 2. The Hall–Kier alpha value is -4.60. The Labute approximate surface area is 207 Å². The molecule has 1 fully saturated rings. The lowest BCUT2D eigenvalue weighted by Gasteiger charge is -2.19. The second-order valence-corrected chi connectivity index (χ2v) is 8.07. The average Bonchev–Trinajstić information content (AvgIpc) is 3.26. The number of anilines is 1. The van der Waals surface area contributed by atoms with E-state index in [1.54, 1.807) is 24.3 Å². The van der Waals surface area contributed by atoms with Gasteiger partial charge in [-0.05, 0) is 23.6 Å². The maximum absolute atomic E-state index is 12.8. The summed E-state index contributed by atoms with van der Waals surface area (Å²) in [4.78, 5) is 50.2. The number of carbonyl (C=O) groups is 4. The zero-order chi connectivity index (χ0) is 25.7. The molecule has 4 rings (SSSR count). The number of carbonyl (C=O) groups excluding carboxylic acids is 4. The SMILES string of the molecule is COc1cccc(OC)c1C(=O)NN1C[C@@H](C(=O)OCC(=O)Nc2cccc3ccccc23)CC1=O. The van der Waals surface area contributed by atoms with Crippen LogP contribution in [0.4, 0.5) is 5.69 Å². The fourth-order valence-electron chi connectivity index (χ4n) is 4.00. The quantitative estimate of drug-likeness (QED) is 0.464. The van der Waals surface area contributed by atoms with E-state index in [1.165, 1.54) is 14.2 Å². The molecule has 186 valence electrons. The topological polar surface area (TPSA) is 123 Å². The molecule has 1 aliphatic heterocycles. The van der Waals surface area contributed by atoms with Gasteiger partial charge in [0, 0.05) is 17.5 Å². The number of esters is 1. The monoisotopic (exact) mass is 491 g/mol. The molecule has 10 nitrogen and oxygen atoms in total.